The summed E-state index contributed by atoms with van der Waals surface area (Å²) in [5.74, 6) is 3.99. The third-order valence-electron chi connectivity index (χ3n) is 0.849. The van der Waals surface area contributed by atoms with E-state index >= 15 is 0 Å². The standard InChI is InChI=1S/C8H11ClF2/c1-7(2,3)5-4-6-8(9,10)11/h5H2,1-3H3. The van der Waals surface area contributed by atoms with Gasteiger partial charge in [-0.25, -0.2) is 0 Å². The van der Waals surface area contributed by atoms with E-state index in [0.29, 0.717) is 6.42 Å². The maximum Gasteiger partial charge on any atom is 0.385 e. The topological polar surface area (TPSA) is 0 Å². The van der Waals surface area contributed by atoms with Gasteiger partial charge in [0.15, 0.2) is 0 Å². The molecule has 11 heavy (non-hydrogen) atoms. The van der Waals surface area contributed by atoms with Gasteiger partial charge in [0.25, 0.3) is 0 Å². The molecule has 0 heterocycles. The van der Waals surface area contributed by atoms with Crippen molar-refractivity contribution in [2.24, 2.45) is 5.41 Å². The molecule has 0 aliphatic heterocycles. The molecule has 0 saturated carbocycles. The smallest absolute Gasteiger partial charge is 0.175 e. The van der Waals surface area contributed by atoms with Gasteiger partial charge >= 0.3 is 5.38 Å². The fourth-order valence-electron chi connectivity index (χ4n) is 0.410. The Bertz CT molecular complexity index is 175. The van der Waals surface area contributed by atoms with Crippen LogP contribution in [0.1, 0.15) is 27.2 Å². The molecule has 0 rings (SSSR count). The van der Waals surface area contributed by atoms with Gasteiger partial charge in [-0.2, -0.15) is 8.78 Å². The summed E-state index contributed by atoms with van der Waals surface area (Å²) >= 11 is 4.56. The number of halogens is 3. The summed E-state index contributed by atoms with van der Waals surface area (Å²) in [7, 11) is 0. The highest BCUT2D eigenvalue weighted by Gasteiger charge is 2.20. The van der Waals surface area contributed by atoms with Gasteiger partial charge in [-0.1, -0.05) is 26.7 Å². The molecule has 0 atom stereocenters. The van der Waals surface area contributed by atoms with E-state index in [1.54, 1.807) is 5.92 Å². The molecule has 0 spiro atoms. The zero-order valence-electron chi connectivity index (χ0n) is 6.84. The molecule has 0 amide bonds. The Labute approximate surface area is 70.9 Å². The fourth-order valence-corrected chi connectivity index (χ4v) is 0.476. The van der Waals surface area contributed by atoms with E-state index in [-0.39, 0.29) is 5.41 Å². The molecule has 0 aromatic heterocycles. The quantitative estimate of drug-likeness (QED) is 0.397. The predicted molar refractivity (Wildman–Crippen MR) is 42.6 cm³/mol. The van der Waals surface area contributed by atoms with Crippen LogP contribution in [0.3, 0.4) is 0 Å². The Morgan fingerprint density at radius 3 is 2.00 bits per heavy atom. The van der Waals surface area contributed by atoms with Crippen molar-refractivity contribution in [1.29, 1.82) is 0 Å². The lowest BCUT2D eigenvalue weighted by molar-refractivity contribution is 0.164. The highest BCUT2D eigenvalue weighted by molar-refractivity contribution is 6.23. The predicted octanol–water partition coefficient (Wildman–Crippen LogP) is 3.26. The molecule has 0 aliphatic rings. The van der Waals surface area contributed by atoms with Crippen LogP contribution in [0, 0.1) is 17.3 Å². The monoisotopic (exact) mass is 180 g/mol. The van der Waals surface area contributed by atoms with Crippen LogP contribution < -0.4 is 0 Å². The Morgan fingerprint density at radius 1 is 1.27 bits per heavy atom. The van der Waals surface area contributed by atoms with Gasteiger partial charge < -0.3 is 0 Å². The van der Waals surface area contributed by atoms with Gasteiger partial charge in [-0.3, -0.25) is 0 Å². The molecule has 0 bridgehead atoms. The fraction of sp³-hybridized carbons (Fsp3) is 0.750. The van der Waals surface area contributed by atoms with Crippen molar-refractivity contribution in [1.82, 2.24) is 0 Å². The summed E-state index contributed by atoms with van der Waals surface area (Å²) in [5.41, 5.74) is -0.0465. The van der Waals surface area contributed by atoms with E-state index in [0.717, 1.165) is 0 Å². The molecule has 0 unspecified atom stereocenters. The summed E-state index contributed by atoms with van der Waals surface area (Å²) < 4.78 is 23.8. The first kappa shape index (κ1) is 10.7. The van der Waals surface area contributed by atoms with E-state index in [9.17, 15) is 8.78 Å². The van der Waals surface area contributed by atoms with Crippen LogP contribution in [-0.4, -0.2) is 5.38 Å². The Hall–Kier alpha value is -0.290. The molecule has 0 aromatic rings. The second-order valence-electron chi connectivity index (χ2n) is 3.54. The highest BCUT2D eigenvalue weighted by Crippen LogP contribution is 2.20. The van der Waals surface area contributed by atoms with Gasteiger partial charge in [-0.15, -0.1) is 0 Å². The Morgan fingerprint density at radius 2 is 1.73 bits per heavy atom. The summed E-state index contributed by atoms with van der Waals surface area (Å²) in [6.45, 7) is 5.77. The summed E-state index contributed by atoms with van der Waals surface area (Å²) in [5, 5.41) is -3.37. The number of rotatable bonds is 0. The lowest BCUT2D eigenvalue weighted by atomic mass is 9.93. The van der Waals surface area contributed by atoms with Crippen LogP contribution in [-0.2, 0) is 0 Å². The maximum absolute atomic E-state index is 11.9. The normalized spacial score (nSPS) is 12.2. The first-order chi connectivity index (χ1) is 4.71. The average Bonchev–Trinajstić information content (AvgIpc) is 1.55. The highest BCUT2D eigenvalue weighted by atomic mass is 35.5. The summed E-state index contributed by atoms with van der Waals surface area (Å²) in [4.78, 5) is 0. The maximum atomic E-state index is 11.9. The second kappa shape index (κ2) is 3.40. The largest absolute Gasteiger partial charge is 0.385 e. The van der Waals surface area contributed by atoms with Crippen molar-refractivity contribution in [3.8, 4) is 11.8 Å². The number of alkyl halides is 3. The molecule has 0 nitrogen and oxygen atoms in total. The van der Waals surface area contributed by atoms with E-state index in [1.807, 2.05) is 20.8 Å². The molecule has 64 valence electrons. The van der Waals surface area contributed by atoms with Gasteiger partial charge in [0.2, 0.25) is 0 Å². The van der Waals surface area contributed by atoms with Crippen molar-refractivity contribution in [3.63, 3.8) is 0 Å². The molecule has 0 aliphatic carbocycles. The molecule has 3 heteroatoms. The summed E-state index contributed by atoms with van der Waals surface area (Å²) in [6, 6.07) is 0. The number of hydrogen-bond donors (Lipinski definition) is 0. The minimum Gasteiger partial charge on any atom is -0.175 e. The minimum absolute atomic E-state index is 0.0465. The molecular weight excluding hydrogens is 170 g/mol. The lowest BCUT2D eigenvalue weighted by Gasteiger charge is -2.12. The lowest BCUT2D eigenvalue weighted by Crippen LogP contribution is -2.04. The first-order valence-corrected chi connectivity index (χ1v) is 3.65. The SMILES string of the molecule is CC(C)(C)CC#CC(F)(F)Cl. The first-order valence-electron chi connectivity index (χ1n) is 3.27. The molecule has 0 N–H and O–H groups in total. The molecular formula is C8H11ClF2. The van der Waals surface area contributed by atoms with Crippen LogP contribution in [0.4, 0.5) is 8.78 Å². The van der Waals surface area contributed by atoms with E-state index in [2.05, 4.69) is 17.5 Å². The van der Waals surface area contributed by atoms with E-state index in [1.165, 1.54) is 0 Å². The van der Waals surface area contributed by atoms with Crippen molar-refractivity contribution >= 4 is 11.6 Å². The van der Waals surface area contributed by atoms with Crippen LogP contribution in [0.25, 0.3) is 0 Å². The van der Waals surface area contributed by atoms with Crippen molar-refractivity contribution in [3.05, 3.63) is 0 Å². The van der Waals surface area contributed by atoms with Crippen LogP contribution >= 0.6 is 11.6 Å². The van der Waals surface area contributed by atoms with Crippen LogP contribution in [0.15, 0.2) is 0 Å². The zero-order chi connectivity index (χ0) is 9.12. The third-order valence-corrected chi connectivity index (χ3v) is 0.943. The van der Waals surface area contributed by atoms with Gasteiger partial charge in [0, 0.05) is 6.42 Å². The zero-order valence-corrected chi connectivity index (χ0v) is 7.60. The van der Waals surface area contributed by atoms with Crippen LogP contribution in [0.5, 0.6) is 0 Å². The molecule has 0 radical (unpaired) electrons. The van der Waals surface area contributed by atoms with Gasteiger partial charge in [0.1, 0.15) is 0 Å². The van der Waals surface area contributed by atoms with E-state index < -0.39 is 5.38 Å². The third kappa shape index (κ3) is 9.71. The van der Waals surface area contributed by atoms with Crippen LogP contribution in [0.2, 0.25) is 0 Å². The molecule has 0 aromatic carbocycles. The Kier molecular flexibility index (Phi) is 3.31. The van der Waals surface area contributed by atoms with E-state index in [4.69, 9.17) is 0 Å². The van der Waals surface area contributed by atoms with Crippen molar-refractivity contribution in [2.45, 2.75) is 32.6 Å². The van der Waals surface area contributed by atoms with Crippen molar-refractivity contribution in [2.75, 3.05) is 0 Å². The van der Waals surface area contributed by atoms with Crippen molar-refractivity contribution < 1.29 is 8.78 Å². The number of hydrogen-bond acceptors (Lipinski definition) is 0. The second-order valence-corrected chi connectivity index (χ2v) is 4.01. The molecule has 0 saturated heterocycles. The minimum atomic E-state index is -3.37. The molecule has 0 fully saturated rings. The summed E-state index contributed by atoms with van der Waals surface area (Å²) in [6.07, 6.45) is 0.426. The average molecular weight is 181 g/mol. The van der Waals surface area contributed by atoms with Gasteiger partial charge in [0.05, 0.1) is 0 Å². The van der Waals surface area contributed by atoms with Gasteiger partial charge in [-0.05, 0) is 22.9 Å². The Balaban J connectivity index is 3.94.